The number of carbonyl (C=O) groups is 1. The van der Waals surface area contributed by atoms with Gasteiger partial charge in [0, 0.05) is 0 Å². The van der Waals surface area contributed by atoms with Gasteiger partial charge in [-0.1, -0.05) is 12.1 Å². The van der Waals surface area contributed by atoms with Crippen molar-refractivity contribution in [2.45, 2.75) is 6.92 Å². The van der Waals surface area contributed by atoms with E-state index in [0.29, 0.717) is 4.88 Å². The predicted octanol–water partition coefficient (Wildman–Crippen LogP) is 3.00. The average Bonchev–Trinajstić information content (AvgIpc) is 2.71. The summed E-state index contributed by atoms with van der Waals surface area (Å²) in [5.41, 5.74) is 1.06. The third kappa shape index (κ3) is 1.65. The van der Waals surface area contributed by atoms with E-state index in [0.717, 1.165) is 21.4 Å². The Bertz CT molecular complexity index is 542. The van der Waals surface area contributed by atoms with Crippen molar-refractivity contribution >= 4 is 27.4 Å². The van der Waals surface area contributed by atoms with E-state index in [1.165, 1.54) is 18.4 Å². The van der Waals surface area contributed by atoms with Crippen molar-refractivity contribution in [1.82, 2.24) is 0 Å². The van der Waals surface area contributed by atoms with Gasteiger partial charge >= 0.3 is 5.97 Å². The highest BCUT2D eigenvalue weighted by molar-refractivity contribution is 7.21. The number of ether oxygens (including phenoxy) is 2. The van der Waals surface area contributed by atoms with Crippen LogP contribution in [0.25, 0.3) is 10.1 Å². The Hall–Kier alpha value is -1.55. The van der Waals surface area contributed by atoms with Gasteiger partial charge in [-0.25, -0.2) is 4.79 Å². The summed E-state index contributed by atoms with van der Waals surface area (Å²) >= 11 is 1.40. The van der Waals surface area contributed by atoms with Gasteiger partial charge in [0.25, 0.3) is 0 Å². The third-order valence-electron chi connectivity index (χ3n) is 2.43. The Morgan fingerprint density at radius 3 is 2.69 bits per heavy atom. The van der Waals surface area contributed by atoms with E-state index in [4.69, 9.17) is 9.47 Å². The van der Waals surface area contributed by atoms with Crippen LogP contribution in [0, 0.1) is 6.92 Å². The van der Waals surface area contributed by atoms with E-state index in [1.54, 1.807) is 7.11 Å². The van der Waals surface area contributed by atoms with Gasteiger partial charge < -0.3 is 9.47 Å². The van der Waals surface area contributed by atoms with Gasteiger partial charge in [0.15, 0.2) is 0 Å². The standard InChI is InChI=1S/C12H12O3S/c1-7-4-5-8-6-9(12(13)15-3)16-11(8)10(7)14-2/h4-6H,1-3H3. The summed E-state index contributed by atoms with van der Waals surface area (Å²) in [5, 5.41) is 1.01. The zero-order valence-electron chi connectivity index (χ0n) is 9.37. The van der Waals surface area contributed by atoms with Crippen molar-refractivity contribution in [1.29, 1.82) is 0 Å². The van der Waals surface area contributed by atoms with Crippen LogP contribution in [0.3, 0.4) is 0 Å². The van der Waals surface area contributed by atoms with E-state index in [9.17, 15) is 4.79 Å². The van der Waals surface area contributed by atoms with E-state index < -0.39 is 0 Å². The molecule has 0 atom stereocenters. The molecule has 4 heteroatoms. The van der Waals surface area contributed by atoms with E-state index in [-0.39, 0.29) is 5.97 Å². The first-order valence-electron chi connectivity index (χ1n) is 4.83. The SMILES string of the molecule is COC(=O)c1cc2ccc(C)c(OC)c2s1. The normalized spacial score (nSPS) is 10.4. The topological polar surface area (TPSA) is 35.5 Å². The smallest absolute Gasteiger partial charge is 0.348 e. The van der Waals surface area contributed by atoms with Gasteiger partial charge in [-0.2, -0.15) is 0 Å². The number of benzene rings is 1. The monoisotopic (exact) mass is 236 g/mol. The summed E-state index contributed by atoms with van der Waals surface area (Å²) in [5.74, 6) is 0.526. The number of thiophene rings is 1. The van der Waals surface area contributed by atoms with Crippen LogP contribution < -0.4 is 4.74 Å². The summed E-state index contributed by atoms with van der Waals surface area (Å²) in [6.07, 6.45) is 0. The quantitative estimate of drug-likeness (QED) is 0.752. The van der Waals surface area contributed by atoms with Crippen LogP contribution in [0.1, 0.15) is 15.2 Å². The second-order valence-electron chi connectivity index (χ2n) is 3.44. The number of fused-ring (bicyclic) bond motifs is 1. The fourth-order valence-electron chi connectivity index (χ4n) is 1.63. The molecule has 0 spiro atoms. The number of hydrogen-bond donors (Lipinski definition) is 0. The van der Waals surface area contributed by atoms with Crippen LogP contribution >= 0.6 is 11.3 Å². The van der Waals surface area contributed by atoms with Gasteiger partial charge in [-0.3, -0.25) is 0 Å². The fourth-order valence-corrected chi connectivity index (χ4v) is 2.79. The highest BCUT2D eigenvalue weighted by atomic mass is 32.1. The minimum Gasteiger partial charge on any atom is -0.495 e. The lowest BCUT2D eigenvalue weighted by atomic mass is 10.1. The Morgan fingerprint density at radius 2 is 2.06 bits per heavy atom. The molecule has 0 saturated carbocycles. The molecular formula is C12H12O3S. The van der Waals surface area contributed by atoms with Crippen LogP contribution in [0.5, 0.6) is 5.75 Å². The van der Waals surface area contributed by atoms with Gasteiger partial charge in [-0.15, -0.1) is 11.3 Å². The molecule has 0 amide bonds. The Labute approximate surface area is 97.6 Å². The maximum absolute atomic E-state index is 11.4. The maximum atomic E-state index is 11.4. The highest BCUT2D eigenvalue weighted by Crippen LogP contribution is 2.36. The molecule has 0 bridgehead atoms. The first kappa shape index (κ1) is 11.0. The number of esters is 1. The zero-order chi connectivity index (χ0) is 11.7. The molecule has 0 aliphatic rings. The van der Waals surface area contributed by atoms with Crippen LogP contribution in [0.4, 0.5) is 0 Å². The van der Waals surface area contributed by atoms with Crippen molar-refractivity contribution < 1.29 is 14.3 Å². The molecule has 0 radical (unpaired) electrons. The lowest BCUT2D eigenvalue weighted by molar-refractivity contribution is 0.0606. The van der Waals surface area contributed by atoms with Crippen molar-refractivity contribution in [2.24, 2.45) is 0 Å². The van der Waals surface area contributed by atoms with Crippen molar-refractivity contribution in [3.63, 3.8) is 0 Å². The molecule has 84 valence electrons. The molecule has 16 heavy (non-hydrogen) atoms. The Morgan fingerprint density at radius 1 is 1.31 bits per heavy atom. The van der Waals surface area contributed by atoms with Gasteiger partial charge in [0.1, 0.15) is 10.6 Å². The predicted molar refractivity (Wildman–Crippen MR) is 64.5 cm³/mol. The maximum Gasteiger partial charge on any atom is 0.348 e. The summed E-state index contributed by atoms with van der Waals surface area (Å²) < 4.78 is 11.0. The molecule has 0 unspecified atom stereocenters. The van der Waals surface area contributed by atoms with Gasteiger partial charge in [-0.05, 0) is 23.9 Å². The van der Waals surface area contributed by atoms with Gasteiger partial charge in [0.05, 0.1) is 18.9 Å². The lowest BCUT2D eigenvalue weighted by Gasteiger charge is -2.04. The number of hydrogen-bond acceptors (Lipinski definition) is 4. The second-order valence-corrected chi connectivity index (χ2v) is 4.49. The molecule has 0 fully saturated rings. The fraction of sp³-hybridized carbons (Fsp3) is 0.250. The molecule has 1 aromatic carbocycles. The van der Waals surface area contributed by atoms with Crippen LogP contribution in [-0.4, -0.2) is 20.2 Å². The lowest BCUT2D eigenvalue weighted by Crippen LogP contribution is -1.96. The second kappa shape index (κ2) is 4.14. The number of methoxy groups -OCH3 is 2. The third-order valence-corrected chi connectivity index (χ3v) is 3.56. The Balaban J connectivity index is 2.65. The molecule has 0 aliphatic heterocycles. The summed E-state index contributed by atoms with van der Waals surface area (Å²) in [4.78, 5) is 12.0. The zero-order valence-corrected chi connectivity index (χ0v) is 10.2. The van der Waals surface area contributed by atoms with Gasteiger partial charge in [0.2, 0.25) is 0 Å². The molecule has 2 rings (SSSR count). The molecule has 2 aromatic rings. The molecule has 0 aliphatic carbocycles. The first-order chi connectivity index (χ1) is 7.67. The summed E-state index contributed by atoms with van der Waals surface area (Å²) in [6.45, 7) is 1.98. The number of rotatable bonds is 2. The minimum absolute atomic E-state index is 0.305. The van der Waals surface area contributed by atoms with E-state index in [1.807, 2.05) is 25.1 Å². The van der Waals surface area contributed by atoms with Crippen LogP contribution in [-0.2, 0) is 4.74 Å². The minimum atomic E-state index is -0.305. The van der Waals surface area contributed by atoms with Crippen molar-refractivity contribution in [2.75, 3.05) is 14.2 Å². The Kier molecular flexibility index (Phi) is 2.83. The number of carbonyl (C=O) groups excluding carboxylic acids is 1. The van der Waals surface area contributed by atoms with E-state index >= 15 is 0 Å². The highest BCUT2D eigenvalue weighted by Gasteiger charge is 2.14. The molecule has 3 nitrogen and oxygen atoms in total. The summed E-state index contributed by atoms with van der Waals surface area (Å²) in [7, 11) is 3.02. The van der Waals surface area contributed by atoms with Crippen molar-refractivity contribution in [3.8, 4) is 5.75 Å². The molecular weight excluding hydrogens is 224 g/mol. The molecule has 1 heterocycles. The average molecular weight is 236 g/mol. The largest absolute Gasteiger partial charge is 0.495 e. The van der Waals surface area contributed by atoms with Crippen molar-refractivity contribution in [3.05, 3.63) is 28.6 Å². The summed E-state index contributed by atoms with van der Waals surface area (Å²) in [6, 6.07) is 5.79. The number of aryl methyl sites for hydroxylation is 1. The first-order valence-corrected chi connectivity index (χ1v) is 5.64. The molecule has 0 N–H and O–H groups in total. The molecule has 1 aromatic heterocycles. The van der Waals surface area contributed by atoms with Crippen LogP contribution in [0.15, 0.2) is 18.2 Å². The molecule has 0 saturated heterocycles. The van der Waals surface area contributed by atoms with E-state index in [2.05, 4.69) is 0 Å². The van der Waals surface area contributed by atoms with Crippen LogP contribution in [0.2, 0.25) is 0 Å².